The Kier molecular flexibility index (Phi) is 3.85. The van der Waals surface area contributed by atoms with Gasteiger partial charge in [-0.3, -0.25) is 0 Å². The van der Waals surface area contributed by atoms with E-state index in [2.05, 4.69) is 38.2 Å². The van der Waals surface area contributed by atoms with Gasteiger partial charge in [0.15, 0.2) is 0 Å². The van der Waals surface area contributed by atoms with Gasteiger partial charge in [0.1, 0.15) is 6.10 Å². The summed E-state index contributed by atoms with van der Waals surface area (Å²) in [5, 5.41) is 2.91. The molecule has 2 rings (SSSR count). The molecule has 2 atom stereocenters. The lowest BCUT2D eigenvalue weighted by atomic mass is 9.84. The second kappa shape index (κ2) is 5.22. The monoisotopic (exact) mass is 265 g/mol. The number of benzene rings is 1. The van der Waals surface area contributed by atoms with Crippen LogP contribution in [0.4, 0.5) is 4.79 Å². The summed E-state index contributed by atoms with van der Waals surface area (Å²) in [6, 6.07) is 10.2. The van der Waals surface area contributed by atoms with Gasteiger partial charge in [0.25, 0.3) is 0 Å². The first-order valence-corrected chi connectivity index (χ1v) is 7.10. The zero-order valence-corrected chi connectivity index (χ0v) is 11.8. The summed E-state index contributed by atoms with van der Waals surface area (Å²) in [6.45, 7) is 6.35. The van der Waals surface area contributed by atoms with Crippen LogP contribution in [0.2, 0.25) is 0 Å². The minimum atomic E-state index is -0.298. The van der Waals surface area contributed by atoms with Gasteiger partial charge >= 0.3 is 6.09 Å². The highest BCUT2D eigenvalue weighted by atomic mass is 32.2. The van der Waals surface area contributed by atoms with E-state index in [1.54, 1.807) is 11.8 Å². The lowest BCUT2D eigenvalue weighted by Crippen LogP contribution is -2.43. The Bertz CT molecular complexity index is 414. The molecule has 4 heteroatoms. The molecular weight excluding hydrogens is 246 g/mol. The maximum atomic E-state index is 11.4. The van der Waals surface area contributed by atoms with Crippen LogP contribution in [0.5, 0.6) is 0 Å². The van der Waals surface area contributed by atoms with Crippen LogP contribution < -0.4 is 5.32 Å². The second-order valence-electron chi connectivity index (χ2n) is 5.56. The molecule has 1 fully saturated rings. The van der Waals surface area contributed by atoms with Crippen molar-refractivity contribution in [3.63, 3.8) is 0 Å². The molecule has 0 saturated carbocycles. The third kappa shape index (κ3) is 3.19. The summed E-state index contributed by atoms with van der Waals surface area (Å²) in [4.78, 5) is 12.6. The number of carbonyl (C=O) groups excluding carboxylic acids is 1. The Morgan fingerprint density at radius 3 is 2.56 bits per heavy atom. The van der Waals surface area contributed by atoms with Crippen molar-refractivity contribution in [3.05, 3.63) is 30.3 Å². The van der Waals surface area contributed by atoms with Gasteiger partial charge in [0.2, 0.25) is 0 Å². The molecule has 1 aromatic rings. The van der Waals surface area contributed by atoms with Crippen molar-refractivity contribution < 1.29 is 9.53 Å². The smallest absolute Gasteiger partial charge is 0.407 e. The molecule has 1 N–H and O–H groups in total. The van der Waals surface area contributed by atoms with Crippen LogP contribution in [0.3, 0.4) is 0 Å². The Morgan fingerprint density at radius 2 is 1.94 bits per heavy atom. The van der Waals surface area contributed by atoms with Crippen molar-refractivity contribution in [2.75, 3.05) is 5.75 Å². The van der Waals surface area contributed by atoms with Gasteiger partial charge in [-0.1, -0.05) is 39.0 Å². The Balaban J connectivity index is 1.98. The summed E-state index contributed by atoms with van der Waals surface area (Å²) in [5.74, 6) is 0.782. The molecule has 0 aliphatic carbocycles. The SMILES string of the molecule is CC(C)(C)[C@@H]1NC(=O)O[C@@H]1CSc1ccccc1. The number of thioether (sulfide) groups is 1. The van der Waals surface area contributed by atoms with E-state index in [1.807, 2.05) is 18.2 Å². The molecular formula is C14H19NO2S. The third-order valence-electron chi connectivity index (χ3n) is 2.99. The number of cyclic esters (lactones) is 1. The van der Waals surface area contributed by atoms with Gasteiger partial charge in [-0.2, -0.15) is 0 Å². The highest BCUT2D eigenvalue weighted by Gasteiger charge is 2.41. The molecule has 0 spiro atoms. The highest BCUT2D eigenvalue weighted by molar-refractivity contribution is 7.99. The number of amides is 1. The van der Waals surface area contributed by atoms with Gasteiger partial charge in [-0.05, 0) is 17.5 Å². The molecule has 98 valence electrons. The molecule has 0 bridgehead atoms. The van der Waals surface area contributed by atoms with Crippen LogP contribution >= 0.6 is 11.8 Å². The van der Waals surface area contributed by atoms with Gasteiger partial charge in [0.05, 0.1) is 6.04 Å². The predicted octanol–water partition coefficient (Wildman–Crippen LogP) is 3.30. The van der Waals surface area contributed by atoms with E-state index in [-0.39, 0.29) is 23.7 Å². The molecule has 1 aliphatic heterocycles. The predicted molar refractivity (Wildman–Crippen MR) is 73.8 cm³/mol. The molecule has 1 saturated heterocycles. The summed E-state index contributed by atoms with van der Waals surface area (Å²) in [7, 11) is 0. The van der Waals surface area contributed by atoms with Gasteiger partial charge in [-0.15, -0.1) is 11.8 Å². The molecule has 1 aliphatic rings. The van der Waals surface area contributed by atoms with Crippen molar-refractivity contribution in [1.82, 2.24) is 5.32 Å². The summed E-state index contributed by atoms with van der Waals surface area (Å²) in [5.41, 5.74) is 0.00801. The van der Waals surface area contributed by atoms with E-state index < -0.39 is 0 Å². The number of ether oxygens (including phenoxy) is 1. The first-order valence-electron chi connectivity index (χ1n) is 6.12. The molecule has 1 amide bonds. The minimum absolute atomic E-state index is 0.00801. The summed E-state index contributed by atoms with van der Waals surface area (Å²) < 4.78 is 5.35. The largest absolute Gasteiger partial charge is 0.443 e. The van der Waals surface area contributed by atoms with E-state index >= 15 is 0 Å². The number of rotatable bonds is 3. The standard InChI is InChI=1S/C14H19NO2S/c1-14(2,3)12-11(17-13(16)15-12)9-18-10-7-5-4-6-8-10/h4-8,11-12H,9H2,1-3H3,(H,15,16)/t11-,12-/m1/s1. The first kappa shape index (κ1) is 13.3. The van der Waals surface area contributed by atoms with E-state index in [9.17, 15) is 4.79 Å². The molecule has 18 heavy (non-hydrogen) atoms. The van der Waals surface area contributed by atoms with Crippen molar-refractivity contribution in [3.8, 4) is 0 Å². The fraction of sp³-hybridized carbons (Fsp3) is 0.500. The average molecular weight is 265 g/mol. The molecule has 0 radical (unpaired) electrons. The fourth-order valence-electron chi connectivity index (χ4n) is 2.06. The van der Waals surface area contributed by atoms with Gasteiger partial charge in [-0.25, -0.2) is 4.79 Å². The lowest BCUT2D eigenvalue weighted by molar-refractivity contribution is 0.125. The van der Waals surface area contributed by atoms with Crippen molar-refractivity contribution in [2.24, 2.45) is 5.41 Å². The van der Waals surface area contributed by atoms with Gasteiger partial charge < -0.3 is 10.1 Å². The Morgan fingerprint density at radius 1 is 1.28 bits per heavy atom. The number of hydrogen-bond donors (Lipinski definition) is 1. The maximum absolute atomic E-state index is 11.4. The van der Waals surface area contributed by atoms with E-state index in [0.717, 1.165) is 5.75 Å². The summed E-state index contributed by atoms with van der Waals surface area (Å²) in [6.07, 6.45) is -0.365. The molecule has 3 nitrogen and oxygen atoms in total. The van der Waals surface area contributed by atoms with Crippen molar-refractivity contribution >= 4 is 17.9 Å². The Labute approximate surface area is 112 Å². The van der Waals surface area contributed by atoms with Crippen LogP contribution in [-0.4, -0.2) is 24.0 Å². The summed E-state index contributed by atoms with van der Waals surface area (Å²) >= 11 is 1.72. The lowest BCUT2D eigenvalue weighted by Gasteiger charge is -2.29. The molecule has 0 aromatic heterocycles. The zero-order valence-electron chi connectivity index (χ0n) is 11.0. The van der Waals surface area contributed by atoms with Crippen LogP contribution in [0.15, 0.2) is 35.2 Å². The van der Waals surface area contributed by atoms with Gasteiger partial charge in [0, 0.05) is 10.6 Å². The van der Waals surface area contributed by atoms with E-state index in [0.29, 0.717) is 0 Å². The van der Waals surface area contributed by atoms with E-state index in [1.165, 1.54) is 4.90 Å². The third-order valence-corrected chi connectivity index (χ3v) is 4.09. The maximum Gasteiger partial charge on any atom is 0.407 e. The topological polar surface area (TPSA) is 38.3 Å². The van der Waals surface area contributed by atoms with Crippen molar-refractivity contribution in [2.45, 2.75) is 37.8 Å². The first-order chi connectivity index (χ1) is 8.47. The molecule has 1 aromatic carbocycles. The molecule has 0 unspecified atom stereocenters. The second-order valence-corrected chi connectivity index (χ2v) is 6.65. The van der Waals surface area contributed by atoms with E-state index in [4.69, 9.17) is 4.74 Å². The quantitative estimate of drug-likeness (QED) is 0.852. The van der Waals surface area contributed by atoms with Crippen molar-refractivity contribution in [1.29, 1.82) is 0 Å². The number of alkyl carbamates (subject to hydrolysis) is 1. The van der Waals surface area contributed by atoms with Crippen LogP contribution in [0, 0.1) is 5.41 Å². The fourth-order valence-corrected chi connectivity index (χ4v) is 3.03. The zero-order chi connectivity index (χ0) is 13.2. The number of nitrogens with one attached hydrogen (secondary N) is 1. The normalized spacial score (nSPS) is 23.6. The van der Waals surface area contributed by atoms with Crippen LogP contribution in [-0.2, 0) is 4.74 Å². The average Bonchev–Trinajstić information content (AvgIpc) is 2.69. The molecule has 1 heterocycles. The Hall–Kier alpha value is -1.16. The number of carbonyl (C=O) groups is 1. The minimum Gasteiger partial charge on any atom is -0.443 e. The highest BCUT2D eigenvalue weighted by Crippen LogP contribution is 2.30. The van der Waals surface area contributed by atoms with Crippen LogP contribution in [0.1, 0.15) is 20.8 Å². The number of hydrogen-bond acceptors (Lipinski definition) is 3. The van der Waals surface area contributed by atoms with Crippen LogP contribution in [0.25, 0.3) is 0 Å².